The molecule has 2 aromatic heterocycles. The zero-order chi connectivity index (χ0) is 18.5. The predicted octanol–water partition coefficient (Wildman–Crippen LogP) is 5.11. The zero-order valence-electron chi connectivity index (χ0n) is 14.5. The summed E-state index contributed by atoms with van der Waals surface area (Å²) in [5.41, 5.74) is 1.60. The summed E-state index contributed by atoms with van der Waals surface area (Å²) in [6.45, 7) is 4.81. The van der Waals surface area contributed by atoms with Crippen LogP contribution in [0.5, 0.6) is 0 Å². The van der Waals surface area contributed by atoms with Gasteiger partial charge in [0.25, 0.3) is 0 Å². The van der Waals surface area contributed by atoms with Crippen molar-refractivity contribution in [2.24, 2.45) is 0 Å². The number of nitrogens with zero attached hydrogens (tertiary/aromatic N) is 3. The molecule has 1 amide bonds. The minimum absolute atomic E-state index is 0.0934. The summed E-state index contributed by atoms with van der Waals surface area (Å²) in [5.74, 6) is 1.03. The number of rotatable bonds is 7. The second-order valence-corrected chi connectivity index (χ2v) is 7.98. The summed E-state index contributed by atoms with van der Waals surface area (Å²) >= 11 is 9.13. The third kappa shape index (κ3) is 4.28. The van der Waals surface area contributed by atoms with Crippen LogP contribution in [0.2, 0.25) is 5.02 Å². The minimum Gasteiger partial charge on any atom is -0.325 e. The van der Waals surface area contributed by atoms with Crippen LogP contribution in [-0.2, 0) is 11.3 Å². The Balaban J connectivity index is 1.69. The van der Waals surface area contributed by atoms with Crippen molar-refractivity contribution in [2.75, 3.05) is 11.1 Å². The molecule has 0 unspecified atom stereocenters. The Hall–Kier alpha value is -1.83. The minimum atomic E-state index is -0.0934. The fraction of sp³-hybridized carbons (Fsp3) is 0.278. The lowest BCUT2D eigenvalue weighted by atomic mass is 10.2. The van der Waals surface area contributed by atoms with E-state index < -0.39 is 0 Å². The average Bonchev–Trinajstić information content (AvgIpc) is 3.27. The molecular weight excluding hydrogens is 388 g/mol. The van der Waals surface area contributed by atoms with Crippen LogP contribution in [0.1, 0.15) is 18.9 Å². The Morgan fingerprint density at radius 3 is 2.88 bits per heavy atom. The molecule has 0 fully saturated rings. The number of thioether (sulfide) groups is 1. The van der Waals surface area contributed by atoms with Crippen molar-refractivity contribution in [3.63, 3.8) is 0 Å². The quantitative estimate of drug-likeness (QED) is 0.554. The summed E-state index contributed by atoms with van der Waals surface area (Å²) in [5, 5.41) is 14.9. The van der Waals surface area contributed by atoms with E-state index >= 15 is 0 Å². The van der Waals surface area contributed by atoms with E-state index in [1.807, 2.05) is 36.6 Å². The van der Waals surface area contributed by atoms with E-state index in [1.165, 1.54) is 11.8 Å². The van der Waals surface area contributed by atoms with Gasteiger partial charge in [0.05, 0.1) is 10.6 Å². The summed E-state index contributed by atoms with van der Waals surface area (Å²) in [6, 6.07) is 9.50. The molecule has 136 valence electrons. The molecule has 0 aliphatic carbocycles. The second-order valence-electron chi connectivity index (χ2n) is 5.68. The van der Waals surface area contributed by atoms with Gasteiger partial charge in [0.15, 0.2) is 11.0 Å². The van der Waals surface area contributed by atoms with Crippen molar-refractivity contribution >= 4 is 46.3 Å². The first kappa shape index (κ1) is 18.9. The molecule has 1 N–H and O–H groups in total. The first-order valence-corrected chi connectivity index (χ1v) is 10.5. The largest absolute Gasteiger partial charge is 0.325 e. The van der Waals surface area contributed by atoms with E-state index in [0.29, 0.717) is 5.02 Å². The van der Waals surface area contributed by atoms with E-state index in [1.54, 1.807) is 17.4 Å². The van der Waals surface area contributed by atoms with Gasteiger partial charge in [-0.2, -0.15) is 0 Å². The van der Waals surface area contributed by atoms with Crippen molar-refractivity contribution in [1.29, 1.82) is 0 Å². The number of nitrogens with one attached hydrogen (secondary N) is 1. The number of benzene rings is 1. The Morgan fingerprint density at radius 2 is 2.15 bits per heavy atom. The average molecular weight is 407 g/mol. The number of halogens is 1. The molecule has 1 aromatic carbocycles. The maximum Gasteiger partial charge on any atom is 0.234 e. The van der Waals surface area contributed by atoms with Crippen LogP contribution >= 0.6 is 34.7 Å². The lowest BCUT2D eigenvalue weighted by Crippen LogP contribution is -2.15. The van der Waals surface area contributed by atoms with Crippen LogP contribution in [-0.4, -0.2) is 26.4 Å². The van der Waals surface area contributed by atoms with Gasteiger partial charge in [-0.1, -0.05) is 42.4 Å². The van der Waals surface area contributed by atoms with E-state index in [-0.39, 0.29) is 11.7 Å². The van der Waals surface area contributed by atoms with Gasteiger partial charge in [-0.05, 0) is 42.5 Å². The molecule has 0 radical (unpaired) electrons. The third-order valence-electron chi connectivity index (χ3n) is 3.78. The fourth-order valence-corrected chi connectivity index (χ4v) is 4.12. The van der Waals surface area contributed by atoms with E-state index in [0.717, 1.165) is 40.1 Å². The molecule has 0 saturated heterocycles. The van der Waals surface area contributed by atoms with E-state index in [4.69, 9.17) is 11.6 Å². The fourth-order valence-electron chi connectivity index (χ4n) is 2.47. The standard InChI is InChI=1S/C18H19ClN4OS2/c1-3-9-23-17(15-8-5-10-25-15)21-22-18(23)26-11-16(24)20-14-7-4-6-13(19)12(14)2/h4-8,10H,3,9,11H2,1-2H3,(H,20,24). The van der Waals surface area contributed by atoms with Crippen molar-refractivity contribution < 1.29 is 4.79 Å². The van der Waals surface area contributed by atoms with E-state index in [2.05, 4.69) is 27.0 Å². The lowest BCUT2D eigenvalue weighted by Gasteiger charge is -2.10. The number of hydrogen-bond acceptors (Lipinski definition) is 5. The van der Waals surface area contributed by atoms with Crippen molar-refractivity contribution in [3.8, 4) is 10.7 Å². The zero-order valence-corrected chi connectivity index (χ0v) is 16.9. The maximum atomic E-state index is 12.3. The number of aromatic nitrogens is 3. The van der Waals surface area contributed by atoms with Crippen molar-refractivity contribution in [3.05, 3.63) is 46.3 Å². The van der Waals surface area contributed by atoms with Crippen LogP contribution in [0, 0.1) is 6.92 Å². The summed E-state index contributed by atoms with van der Waals surface area (Å²) < 4.78 is 2.08. The summed E-state index contributed by atoms with van der Waals surface area (Å²) in [4.78, 5) is 13.4. The molecule has 0 atom stereocenters. The molecule has 3 aromatic rings. The Bertz CT molecular complexity index is 893. The third-order valence-corrected chi connectivity index (χ3v) is 6.02. The highest BCUT2D eigenvalue weighted by Crippen LogP contribution is 2.28. The molecule has 0 bridgehead atoms. The number of hydrogen-bond donors (Lipinski definition) is 1. The topological polar surface area (TPSA) is 59.8 Å². The number of anilines is 1. The van der Waals surface area contributed by atoms with E-state index in [9.17, 15) is 4.79 Å². The number of thiophene rings is 1. The van der Waals surface area contributed by atoms with Crippen LogP contribution < -0.4 is 5.32 Å². The molecule has 3 rings (SSSR count). The summed E-state index contributed by atoms with van der Waals surface area (Å²) in [7, 11) is 0. The Morgan fingerprint density at radius 1 is 1.31 bits per heavy atom. The highest BCUT2D eigenvalue weighted by atomic mass is 35.5. The molecule has 0 aliphatic heterocycles. The molecule has 26 heavy (non-hydrogen) atoms. The van der Waals surface area contributed by atoms with Gasteiger partial charge in [0, 0.05) is 17.3 Å². The van der Waals surface area contributed by atoms with Gasteiger partial charge in [-0.15, -0.1) is 21.5 Å². The first-order valence-electron chi connectivity index (χ1n) is 8.25. The van der Waals surface area contributed by atoms with Gasteiger partial charge in [-0.25, -0.2) is 0 Å². The van der Waals surface area contributed by atoms with Crippen LogP contribution in [0.15, 0.2) is 40.9 Å². The number of carbonyl (C=O) groups excluding carboxylic acids is 1. The monoisotopic (exact) mass is 406 g/mol. The first-order chi connectivity index (χ1) is 12.6. The van der Waals surface area contributed by atoms with Gasteiger partial charge in [0.1, 0.15) is 0 Å². The van der Waals surface area contributed by atoms with Gasteiger partial charge >= 0.3 is 0 Å². The predicted molar refractivity (Wildman–Crippen MR) is 109 cm³/mol. The van der Waals surface area contributed by atoms with Crippen LogP contribution in [0.25, 0.3) is 10.7 Å². The Labute approximate surface area is 165 Å². The molecule has 0 spiro atoms. The number of carbonyl (C=O) groups is 1. The summed E-state index contributed by atoms with van der Waals surface area (Å²) in [6.07, 6.45) is 0.970. The van der Waals surface area contributed by atoms with Crippen LogP contribution in [0.4, 0.5) is 5.69 Å². The molecule has 5 nitrogen and oxygen atoms in total. The van der Waals surface area contributed by atoms with Crippen molar-refractivity contribution in [1.82, 2.24) is 14.8 Å². The van der Waals surface area contributed by atoms with Gasteiger partial charge in [0.2, 0.25) is 5.91 Å². The Kier molecular flexibility index (Phi) is 6.34. The smallest absolute Gasteiger partial charge is 0.234 e. The highest BCUT2D eigenvalue weighted by Gasteiger charge is 2.16. The second kappa shape index (κ2) is 8.70. The SMILES string of the molecule is CCCn1c(SCC(=O)Nc2cccc(Cl)c2C)nnc1-c1cccs1. The lowest BCUT2D eigenvalue weighted by molar-refractivity contribution is -0.113. The van der Waals surface area contributed by atoms with Gasteiger partial charge < -0.3 is 9.88 Å². The molecule has 0 saturated carbocycles. The molecule has 2 heterocycles. The molecular formula is C18H19ClN4OS2. The van der Waals surface area contributed by atoms with Crippen LogP contribution in [0.3, 0.4) is 0 Å². The van der Waals surface area contributed by atoms with Crippen molar-refractivity contribution in [2.45, 2.75) is 32.0 Å². The normalized spacial score (nSPS) is 10.9. The molecule has 8 heteroatoms. The number of amides is 1. The van der Waals surface area contributed by atoms with Gasteiger partial charge in [-0.3, -0.25) is 4.79 Å². The maximum absolute atomic E-state index is 12.3. The highest BCUT2D eigenvalue weighted by molar-refractivity contribution is 7.99. The molecule has 0 aliphatic rings.